The van der Waals surface area contributed by atoms with Crippen molar-refractivity contribution in [1.82, 2.24) is 0 Å². The van der Waals surface area contributed by atoms with Crippen LogP contribution in [0.3, 0.4) is 0 Å². The molecule has 1 heteroatoms. The SMILES string of the molecule is CC1C/C(=C\C=O)CC(C)(C)C1. The third-order valence-corrected chi connectivity index (χ3v) is 2.52. The number of allylic oxidation sites excluding steroid dienone is 2. The van der Waals surface area contributed by atoms with Crippen LogP contribution in [0, 0.1) is 11.3 Å². The summed E-state index contributed by atoms with van der Waals surface area (Å²) in [6, 6.07) is 0. The summed E-state index contributed by atoms with van der Waals surface area (Å²) in [7, 11) is 0. The number of carbonyl (C=O) groups is 1. The van der Waals surface area contributed by atoms with Crippen molar-refractivity contribution >= 4 is 6.29 Å². The summed E-state index contributed by atoms with van der Waals surface area (Å²) in [6.45, 7) is 6.82. The van der Waals surface area contributed by atoms with Gasteiger partial charge in [0.05, 0.1) is 0 Å². The number of hydrogen-bond donors (Lipinski definition) is 0. The van der Waals surface area contributed by atoms with Gasteiger partial charge in [0.2, 0.25) is 0 Å². The van der Waals surface area contributed by atoms with Crippen molar-refractivity contribution in [2.24, 2.45) is 11.3 Å². The molecule has 1 nitrogen and oxygen atoms in total. The van der Waals surface area contributed by atoms with Crippen LogP contribution in [0.5, 0.6) is 0 Å². The van der Waals surface area contributed by atoms with Gasteiger partial charge in [-0.05, 0) is 36.7 Å². The molecule has 1 unspecified atom stereocenters. The molecule has 0 N–H and O–H groups in total. The van der Waals surface area contributed by atoms with Gasteiger partial charge in [-0.2, -0.15) is 0 Å². The Balaban J connectivity index is 2.70. The minimum Gasteiger partial charge on any atom is -0.299 e. The minimum atomic E-state index is 0.395. The zero-order chi connectivity index (χ0) is 9.19. The first kappa shape index (κ1) is 9.50. The maximum absolute atomic E-state index is 10.3. The Morgan fingerprint density at radius 3 is 2.67 bits per heavy atom. The maximum Gasteiger partial charge on any atom is 0.142 e. The van der Waals surface area contributed by atoms with E-state index in [-0.39, 0.29) is 0 Å². The molecule has 1 saturated carbocycles. The Labute approximate surface area is 74.9 Å². The fourth-order valence-corrected chi connectivity index (χ4v) is 2.45. The monoisotopic (exact) mass is 166 g/mol. The molecule has 0 heterocycles. The molecule has 1 aliphatic rings. The van der Waals surface area contributed by atoms with Gasteiger partial charge in [0.15, 0.2) is 0 Å². The highest BCUT2D eigenvalue weighted by Crippen LogP contribution is 2.40. The number of aldehydes is 1. The highest BCUT2D eigenvalue weighted by molar-refractivity contribution is 5.66. The quantitative estimate of drug-likeness (QED) is 0.432. The van der Waals surface area contributed by atoms with Crippen molar-refractivity contribution in [3.05, 3.63) is 11.6 Å². The molecular weight excluding hydrogens is 148 g/mol. The third-order valence-electron chi connectivity index (χ3n) is 2.52. The number of hydrogen-bond acceptors (Lipinski definition) is 1. The van der Waals surface area contributed by atoms with Crippen LogP contribution < -0.4 is 0 Å². The van der Waals surface area contributed by atoms with Crippen LogP contribution in [0.1, 0.15) is 40.0 Å². The van der Waals surface area contributed by atoms with Gasteiger partial charge in [0.25, 0.3) is 0 Å². The van der Waals surface area contributed by atoms with E-state index in [1.165, 1.54) is 12.0 Å². The van der Waals surface area contributed by atoms with Crippen LogP contribution in [-0.2, 0) is 4.79 Å². The number of carbonyl (C=O) groups excluding carboxylic acids is 1. The molecule has 0 spiro atoms. The summed E-state index contributed by atoms with van der Waals surface area (Å²) in [5.41, 5.74) is 1.72. The molecule has 1 aliphatic carbocycles. The van der Waals surface area contributed by atoms with E-state index in [0.717, 1.165) is 25.0 Å². The summed E-state index contributed by atoms with van der Waals surface area (Å²) in [6.07, 6.45) is 6.16. The Bertz CT molecular complexity index is 201. The predicted octanol–water partition coefficient (Wildman–Crippen LogP) is 2.96. The molecule has 0 aliphatic heterocycles. The lowest BCUT2D eigenvalue weighted by atomic mass is 9.70. The fourth-order valence-electron chi connectivity index (χ4n) is 2.45. The molecule has 1 rings (SSSR count). The molecule has 0 bridgehead atoms. The number of rotatable bonds is 1. The Morgan fingerprint density at radius 1 is 1.50 bits per heavy atom. The van der Waals surface area contributed by atoms with Crippen molar-refractivity contribution < 1.29 is 4.79 Å². The van der Waals surface area contributed by atoms with Crippen molar-refractivity contribution in [2.45, 2.75) is 40.0 Å². The Hall–Kier alpha value is -0.590. The van der Waals surface area contributed by atoms with E-state index in [1.807, 2.05) is 0 Å². The molecule has 0 aromatic carbocycles. The largest absolute Gasteiger partial charge is 0.299 e. The molecule has 1 fully saturated rings. The molecule has 1 atom stereocenters. The van der Waals surface area contributed by atoms with E-state index in [9.17, 15) is 4.79 Å². The second-order valence-corrected chi connectivity index (χ2v) is 4.82. The van der Waals surface area contributed by atoms with Crippen LogP contribution in [0.4, 0.5) is 0 Å². The average Bonchev–Trinajstić information content (AvgIpc) is 1.82. The van der Waals surface area contributed by atoms with E-state index in [2.05, 4.69) is 20.8 Å². The summed E-state index contributed by atoms with van der Waals surface area (Å²) in [5.74, 6) is 0.736. The first-order valence-corrected chi connectivity index (χ1v) is 4.67. The highest BCUT2D eigenvalue weighted by atomic mass is 16.1. The first-order chi connectivity index (χ1) is 5.53. The van der Waals surface area contributed by atoms with Crippen LogP contribution >= 0.6 is 0 Å². The van der Waals surface area contributed by atoms with Crippen LogP contribution in [0.15, 0.2) is 11.6 Å². The van der Waals surface area contributed by atoms with Crippen molar-refractivity contribution in [3.8, 4) is 0 Å². The highest BCUT2D eigenvalue weighted by Gasteiger charge is 2.27. The predicted molar refractivity (Wildman–Crippen MR) is 50.9 cm³/mol. The van der Waals surface area contributed by atoms with Crippen LogP contribution in [0.25, 0.3) is 0 Å². The van der Waals surface area contributed by atoms with Crippen molar-refractivity contribution in [1.29, 1.82) is 0 Å². The van der Waals surface area contributed by atoms with E-state index >= 15 is 0 Å². The zero-order valence-electron chi connectivity index (χ0n) is 8.26. The smallest absolute Gasteiger partial charge is 0.142 e. The van der Waals surface area contributed by atoms with Gasteiger partial charge in [-0.15, -0.1) is 0 Å². The summed E-state index contributed by atoms with van der Waals surface area (Å²) in [4.78, 5) is 10.3. The summed E-state index contributed by atoms with van der Waals surface area (Å²) < 4.78 is 0. The topological polar surface area (TPSA) is 17.1 Å². The lowest BCUT2D eigenvalue weighted by molar-refractivity contribution is -0.104. The lowest BCUT2D eigenvalue weighted by Gasteiger charge is -2.35. The van der Waals surface area contributed by atoms with Gasteiger partial charge < -0.3 is 0 Å². The van der Waals surface area contributed by atoms with Crippen LogP contribution in [-0.4, -0.2) is 6.29 Å². The van der Waals surface area contributed by atoms with Crippen molar-refractivity contribution in [2.75, 3.05) is 0 Å². The molecule has 0 amide bonds. The molecule has 12 heavy (non-hydrogen) atoms. The van der Waals surface area contributed by atoms with Gasteiger partial charge in [0.1, 0.15) is 6.29 Å². The van der Waals surface area contributed by atoms with E-state index < -0.39 is 0 Å². The van der Waals surface area contributed by atoms with Gasteiger partial charge in [0, 0.05) is 0 Å². The molecule has 68 valence electrons. The molecule has 0 saturated heterocycles. The fraction of sp³-hybridized carbons (Fsp3) is 0.727. The van der Waals surface area contributed by atoms with Gasteiger partial charge in [-0.3, -0.25) is 4.79 Å². The molecule has 0 aromatic rings. The van der Waals surface area contributed by atoms with Gasteiger partial charge in [-0.25, -0.2) is 0 Å². The Morgan fingerprint density at radius 2 is 2.17 bits per heavy atom. The van der Waals surface area contributed by atoms with E-state index in [4.69, 9.17) is 0 Å². The molecule has 0 radical (unpaired) electrons. The van der Waals surface area contributed by atoms with Gasteiger partial charge >= 0.3 is 0 Å². The first-order valence-electron chi connectivity index (χ1n) is 4.67. The van der Waals surface area contributed by atoms with Crippen LogP contribution in [0.2, 0.25) is 0 Å². The second kappa shape index (κ2) is 3.42. The maximum atomic E-state index is 10.3. The summed E-state index contributed by atoms with van der Waals surface area (Å²) in [5, 5.41) is 0. The molecule has 0 aromatic heterocycles. The van der Waals surface area contributed by atoms with E-state index in [0.29, 0.717) is 5.41 Å². The Kier molecular flexibility index (Phi) is 2.71. The van der Waals surface area contributed by atoms with E-state index in [1.54, 1.807) is 6.08 Å². The average molecular weight is 166 g/mol. The standard InChI is InChI=1S/C11H18O/c1-9-6-10(4-5-12)8-11(2,3)7-9/h4-5,9H,6-8H2,1-3H3/b10-4+. The normalized spacial score (nSPS) is 31.9. The molecular formula is C11H18O. The third kappa shape index (κ3) is 2.47. The van der Waals surface area contributed by atoms with Gasteiger partial charge in [-0.1, -0.05) is 26.3 Å². The van der Waals surface area contributed by atoms with Crippen molar-refractivity contribution in [3.63, 3.8) is 0 Å². The lowest BCUT2D eigenvalue weighted by Crippen LogP contribution is -2.22. The summed E-state index contributed by atoms with van der Waals surface area (Å²) >= 11 is 0. The second-order valence-electron chi connectivity index (χ2n) is 4.82. The zero-order valence-corrected chi connectivity index (χ0v) is 8.26. The minimum absolute atomic E-state index is 0.395.